The van der Waals surface area contributed by atoms with Gasteiger partial charge in [0.15, 0.2) is 0 Å². The van der Waals surface area contributed by atoms with Gasteiger partial charge in [0.05, 0.1) is 0 Å². The zero-order chi connectivity index (χ0) is 12.4. The predicted molar refractivity (Wildman–Crippen MR) is 68.1 cm³/mol. The van der Waals surface area contributed by atoms with E-state index < -0.39 is 11.8 Å². The van der Waals surface area contributed by atoms with Gasteiger partial charge in [-0.1, -0.05) is 23.7 Å². The van der Waals surface area contributed by atoms with Crippen molar-refractivity contribution in [1.29, 1.82) is 0 Å². The molecule has 0 saturated carbocycles. The molecule has 0 amide bonds. The Balaban J connectivity index is 2.28. The standard InChI is InChI=1S/C12H11ClO3S/c13-10-5-7(11(14)12(15)16)1-2-9(10)8-3-4-17-6-8/h1-2,5,8H,3-4,6H2,(H,15,16). The highest BCUT2D eigenvalue weighted by Crippen LogP contribution is 2.36. The van der Waals surface area contributed by atoms with Crippen LogP contribution in [-0.2, 0) is 4.79 Å². The monoisotopic (exact) mass is 270 g/mol. The van der Waals surface area contributed by atoms with Gasteiger partial charge in [-0.15, -0.1) is 0 Å². The molecule has 1 aliphatic rings. The summed E-state index contributed by atoms with van der Waals surface area (Å²) in [5, 5.41) is 9.10. The van der Waals surface area contributed by atoms with Crippen molar-refractivity contribution in [1.82, 2.24) is 0 Å². The van der Waals surface area contributed by atoms with Crippen molar-refractivity contribution in [2.24, 2.45) is 0 Å². The van der Waals surface area contributed by atoms with Crippen LogP contribution in [0.5, 0.6) is 0 Å². The normalized spacial score (nSPS) is 19.2. The number of carboxylic acids is 1. The Bertz CT molecular complexity index is 467. The summed E-state index contributed by atoms with van der Waals surface area (Å²) in [5.41, 5.74) is 1.15. The lowest BCUT2D eigenvalue weighted by Gasteiger charge is -2.11. The van der Waals surface area contributed by atoms with Gasteiger partial charge in [0, 0.05) is 16.3 Å². The van der Waals surface area contributed by atoms with E-state index in [0.717, 1.165) is 23.5 Å². The first kappa shape index (κ1) is 12.5. The van der Waals surface area contributed by atoms with Gasteiger partial charge < -0.3 is 5.11 Å². The van der Waals surface area contributed by atoms with Crippen LogP contribution in [0.25, 0.3) is 0 Å². The minimum atomic E-state index is -1.45. The van der Waals surface area contributed by atoms with Gasteiger partial charge in [-0.25, -0.2) is 4.79 Å². The van der Waals surface area contributed by atoms with Crippen molar-refractivity contribution in [3.63, 3.8) is 0 Å². The van der Waals surface area contributed by atoms with E-state index in [0.29, 0.717) is 10.9 Å². The van der Waals surface area contributed by atoms with Crippen LogP contribution >= 0.6 is 23.4 Å². The lowest BCUT2D eigenvalue weighted by Crippen LogP contribution is -2.13. The molecule has 1 aromatic rings. The van der Waals surface area contributed by atoms with E-state index in [9.17, 15) is 9.59 Å². The van der Waals surface area contributed by atoms with Crippen molar-refractivity contribution in [3.8, 4) is 0 Å². The highest BCUT2D eigenvalue weighted by molar-refractivity contribution is 7.99. The fourth-order valence-corrected chi connectivity index (χ4v) is 3.49. The number of aliphatic carboxylic acids is 1. The molecule has 1 aromatic carbocycles. The molecule has 0 bridgehead atoms. The Hall–Kier alpha value is -1.000. The van der Waals surface area contributed by atoms with Crippen LogP contribution in [0.1, 0.15) is 28.3 Å². The van der Waals surface area contributed by atoms with Crippen molar-refractivity contribution >= 4 is 35.1 Å². The van der Waals surface area contributed by atoms with E-state index in [1.165, 1.54) is 6.07 Å². The summed E-state index contributed by atoms with van der Waals surface area (Å²) < 4.78 is 0. The Morgan fingerprint density at radius 2 is 2.18 bits per heavy atom. The lowest BCUT2D eigenvalue weighted by atomic mass is 9.96. The number of halogens is 1. The smallest absolute Gasteiger partial charge is 0.377 e. The Kier molecular flexibility index (Phi) is 3.74. The second-order valence-corrected chi connectivity index (χ2v) is 5.49. The maximum absolute atomic E-state index is 11.3. The number of rotatable bonds is 3. The average Bonchev–Trinajstić information content (AvgIpc) is 2.81. The number of carbonyl (C=O) groups excluding carboxylic acids is 1. The number of carboxylic acid groups (broad SMARTS) is 1. The van der Waals surface area contributed by atoms with E-state index >= 15 is 0 Å². The molecule has 90 valence electrons. The van der Waals surface area contributed by atoms with Gasteiger partial charge in [0.25, 0.3) is 5.78 Å². The largest absolute Gasteiger partial charge is 0.475 e. The number of hydrogen-bond acceptors (Lipinski definition) is 3. The number of carbonyl (C=O) groups is 2. The summed E-state index contributed by atoms with van der Waals surface area (Å²) in [7, 11) is 0. The molecule has 0 aromatic heterocycles. The Morgan fingerprint density at radius 3 is 2.71 bits per heavy atom. The molecular weight excluding hydrogens is 260 g/mol. The van der Waals surface area contributed by atoms with Crippen LogP contribution in [0.2, 0.25) is 5.02 Å². The Morgan fingerprint density at radius 1 is 1.41 bits per heavy atom. The quantitative estimate of drug-likeness (QED) is 0.678. The molecule has 1 saturated heterocycles. The van der Waals surface area contributed by atoms with Crippen molar-refractivity contribution in [2.75, 3.05) is 11.5 Å². The third kappa shape index (κ3) is 2.64. The molecular formula is C12H11ClO3S. The second-order valence-electron chi connectivity index (χ2n) is 3.93. The first-order valence-electron chi connectivity index (χ1n) is 5.24. The SMILES string of the molecule is O=C(O)C(=O)c1ccc(C2CCSC2)c(Cl)c1. The van der Waals surface area contributed by atoms with Crippen molar-refractivity contribution < 1.29 is 14.7 Å². The van der Waals surface area contributed by atoms with Gasteiger partial charge in [0.1, 0.15) is 0 Å². The number of thioether (sulfide) groups is 1. The van der Waals surface area contributed by atoms with Gasteiger partial charge in [-0.05, 0) is 29.7 Å². The fourth-order valence-electron chi connectivity index (χ4n) is 1.90. The minimum absolute atomic E-state index is 0.136. The zero-order valence-electron chi connectivity index (χ0n) is 8.98. The number of Topliss-reactive ketones (excluding diaryl/α,β-unsaturated/α-hetero) is 1. The van der Waals surface area contributed by atoms with E-state index in [-0.39, 0.29) is 5.56 Å². The third-order valence-electron chi connectivity index (χ3n) is 2.83. The van der Waals surface area contributed by atoms with Crippen LogP contribution in [0.15, 0.2) is 18.2 Å². The van der Waals surface area contributed by atoms with Gasteiger partial charge in [-0.3, -0.25) is 4.79 Å². The van der Waals surface area contributed by atoms with Crippen LogP contribution in [0, 0.1) is 0 Å². The summed E-state index contributed by atoms with van der Waals surface area (Å²) in [6, 6.07) is 4.77. The molecule has 5 heteroatoms. The first-order valence-corrected chi connectivity index (χ1v) is 6.77. The van der Waals surface area contributed by atoms with Crippen LogP contribution in [-0.4, -0.2) is 28.4 Å². The summed E-state index contributed by atoms with van der Waals surface area (Å²) in [4.78, 5) is 21.8. The lowest BCUT2D eigenvalue weighted by molar-refractivity contribution is -0.131. The highest BCUT2D eigenvalue weighted by Gasteiger charge is 2.22. The molecule has 0 spiro atoms. The summed E-state index contributed by atoms with van der Waals surface area (Å²) in [6.07, 6.45) is 1.08. The van der Waals surface area contributed by atoms with Crippen LogP contribution in [0.4, 0.5) is 0 Å². The van der Waals surface area contributed by atoms with Crippen molar-refractivity contribution in [2.45, 2.75) is 12.3 Å². The van der Waals surface area contributed by atoms with Gasteiger partial charge in [0.2, 0.25) is 0 Å². The molecule has 1 atom stereocenters. The molecule has 1 heterocycles. The fraction of sp³-hybridized carbons (Fsp3) is 0.333. The topological polar surface area (TPSA) is 54.4 Å². The first-order chi connectivity index (χ1) is 8.09. The van der Waals surface area contributed by atoms with E-state index in [1.807, 2.05) is 11.8 Å². The van der Waals surface area contributed by atoms with E-state index in [4.69, 9.17) is 16.7 Å². The molecule has 3 nitrogen and oxygen atoms in total. The van der Waals surface area contributed by atoms with Gasteiger partial charge >= 0.3 is 5.97 Å². The maximum Gasteiger partial charge on any atom is 0.377 e. The summed E-state index contributed by atoms with van der Waals surface area (Å²) >= 11 is 7.99. The molecule has 1 aliphatic heterocycles. The molecule has 1 unspecified atom stereocenters. The van der Waals surface area contributed by atoms with Crippen LogP contribution in [0.3, 0.4) is 0 Å². The summed E-state index contributed by atoms with van der Waals surface area (Å²) in [6.45, 7) is 0. The van der Waals surface area contributed by atoms with Crippen LogP contribution < -0.4 is 0 Å². The van der Waals surface area contributed by atoms with E-state index in [2.05, 4.69) is 0 Å². The van der Waals surface area contributed by atoms with Crippen molar-refractivity contribution in [3.05, 3.63) is 34.3 Å². The molecule has 1 fully saturated rings. The van der Waals surface area contributed by atoms with Gasteiger partial charge in [-0.2, -0.15) is 11.8 Å². The number of benzene rings is 1. The molecule has 0 aliphatic carbocycles. The molecule has 2 rings (SSSR count). The number of ketones is 1. The third-order valence-corrected chi connectivity index (χ3v) is 4.32. The minimum Gasteiger partial charge on any atom is -0.475 e. The van der Waals surface area contributed by atoms with E-state index in [1.54, 1.807) is 12.1 Å². The Labute approximate surface area is 108 Å². The zero-order valence-corrected chi connectivity index (χ0v) is 10.6. The molecule has 0 radical (unpaired) electrons. The molecule has 1 N–H and O–H groups in total. The number of hydrogen-bond donors (Lipinski definition) is 1. The second kappa shape index (κ2) is 5.10. The molecule has 17 heavy (non-hydrogen) atoms. The average molecular weight is 271 g/mol. The summed E-state index contributed by atoms with van der Waals surface area (Å²) in [5.74, 6) is 0.203. The maximum atomic E-state index is 11.3. The highest BCUT2D eigenvalue weighted by atomic mass is 35.5. The predicted octanol–water partition coefficient (Wildman–Crippen LogP) is 2.83.